The third-order valence-electron chi connectivity index (χ3n) is 5.22. The first-order valence-electron chi connectivity index (χ1n) is 9.36. The molecule has 1 aromatic rings. The molecule has 0 N–H and O–H groups in total. The van der Waals surface area contributed by atoms with Gasteiger partial charge in [0.2, 0.25) is 0 Å². The van der Waals surface area contributed by atoms with Gasteiger partial charge in [-0.05, 0) is 37.2 Å². The summed E-state index contributed by atoms with van der Waals surface area (Å²) in [5.41, 5.74) is 2.28. The SMILES string of the molecule is C=CC1=CC(CC)CC(c2ccccc2)S(=O)CCC(=O)C(CC)C1. The number of hydrogen-bond donors (Lipinski definition) is 0. The Hall–Kier alpha value is -1.48. The van der Waals surface area contributed by atoms with Crippen molar-refractivity contribution >= 4 is 16.6 Å². The summed E-state index contributed by atoms with van der Waals surface area (Å²) in [5, 5.41) is -0.0144. The van der Waals surface area contributed by atoms with Crippen LogP contribution in [-0.2, 0) is 15.6 Å². The van der Waals surface area contributed by atoms with Crippen LogP contribution in [0.1, 0.15) is 56.8 Å². The summed E-state index contributed by atoms with van der Waals surface area (Å²) in [4.78, 5) is 12.6. The molecule has 1 heterocycles. The van der Waals surface area contributed by atoms with Gasteiger partial charge in [0, 0.05) is 28.9 Å². The van der Waals surface area contributed by atoms with Gasteiger partial charge in [-0.1, -0.05) is 68.5 Å². The molecule has 0 fully saturated rings. The van der Waals surface area contributed by atoms with Crippen molar-refractivity contribution in [3.8, 4) is 0 Å². The summed E-state index contributed by atoms with van der Waals surface area (Å²) in [6.45, 7) is 8.18. The minimum atomic E-state index is -1.03. The van der Waals surface area contributed by atoms with Gasteiger partial charge in [-0.3, -0.25) is 9.00 Å². The van der Waals surface area contributed by atoms with Crippen LogP contribution in [0.4, 0.5) is 0 Å². The van der Waals surface area contributed by atoms with Gasteiger partial charge in [0.05, 0.1) is 5.25 Å². The van der Waals surface area contributed by atoms with Crippen LogP contribution < -0.4 is 0 Å². The van der Waals surface area contributed by atoms with E-state index in [-0.39, 0.29) is 17.0 Å². The lowest BCUT2D eigenvalue weighted by molar-refractivity contribution is -0.122. The van der Waals surface area contributed by atoms with Gasteiger partial charge in [0.1, 0.15) is 5.78 Å². The monoisotopic (exact) mass is 358 g/mol. The minimum Gasteiger partial charge on any atom is -0.299 e. The Morgan fingerprint density at radius 2 is 1.92 bits per heavy atom. The van der Waals surface area contributed by atoms with Gasteiger partial charge >= 0.3 is 0 Å². The van der Waals surface area contributed by atoms with E-state index in [2.05, 4.69) is 38.6 Å². The van der Waals surface area contributed by atoms with E-state index in [1.54, 1.807) is 0 Å². The maximum Gasteiger partial charge on any atom is 0.137 e. The normalized spacial score (nSPS) is 28.7. The van der Waals surface area contributed by atoms with E-state index in [0.29, 0.717) is 18.1 Å². The minimum absolute atomic E-state index is 0.0144. The molecule has 0 saturated heterocycles. The molecule has 0 bridgehead atoms. The molecule has 3 heteroatoms. The van der Waals surface area contributed by atoms with Crippen LogP contribution in [0.2, 0.25) is 0 Å². The quantitative estimate of drug-likeness (QED) is 0.723. The van der Waals surface area contributed by atoms with Crippen molar-refractivity contribution in [3.63, 3.8) is 0 Å². The fourth-order valence-corrected chi connectivity index (χ4v) is 5.14. The Bertz CT molecular complexity index is 633. The van der Waals surface area contributed by atoms with E-state index in [4.69, 9.17) is 0 Å². The lowest BCUT2D eigenvalue weighted by Crippen LogP contribution is -2.18. The first kappa shape index (κ1) is 19.8. The Morgan fingerprint density at radius 3 is 2.52 bits per heavy atom. The molecule has 1 aromatic carbocycles. The zero-order valence-electron chi connectivity index (χ0n) is 15.4. The molecule has 4 unspecified atom stereocenters. The molecular weight excluding hydrogens is 328 g/mol. The molecule has 136 valence electrons. The van der Waals surface area contributed by atoms with Crippen LogP contribution in [0.3, 0.4) is 0 Å². The zero-order chi connectivity index (χ0) is 18.2. The third kappa shape index (κ3) is 5.50. The fraction of sp³-hybridized carbons (Fsp3) is 0.500. The summed E-state index contributed by atoms with van der Waals surface area (Å²) in [7, 11) is -1.03. The Labute approximate surface area is 154 Å². The predicted octanol–water partition coefficient (Wildman–Crippen LogP) is 5.39. The van der Waals surface area contributed by atoms with E-state index < -0.39 is 10.8 Å². The van der Waals surface area contributed by atoms with Gasteiger partial charge in [0.25, 0.3) is 0 Å². The number of hydrogen-bond acceptors (Lipinski definition) is 2. The van der Waals surface area contributed by atoms with E-state index in [9.17, 15) is 9.00 Å². The molecule has 2 nitrogen and oxygen atoms in total. The largest absolute Gasteiger partial charge is 0.299 e. The van der Waals surface area contributed by atoms with Crippen LogP contribution in [0.15, 0.2) is 54.6 Å². The van der Waals surface area contributed by atoms with Crippen LogP contribution in [-0.4, -0.2) is 15.7 Å². The predicted molar refractivity (Wildman–Crippen MR) is 107 cm³/mol. The summed E-state index contributed by atoms with van der Waals surface area (Å²) in [6, 6.07) is 10.1. The van der Waals surface area contributed by atoms with Gasteiger partial charge < -0.3 is 0 Å². The molecule has 1 aliphatic heterocycles. The second-order valence-electron chi connectivity index (χ2n) is 6.86. The first-order chi connectivity index (χ1) is 12.1. The van der Waals surface area contributed by atoms with E-state index in [1.807, 2.05) is 24.3 Å². The molecular formula is C22H30O2S. The van der Waals surface area contributed by atoms with Crippen LogP contribution in [0.5, 0.6) is 0 Å². The van der Waals surface area contributed by atoms with Crippen molar-refractivity contribution in [2.75, 3.05) is 5.75 Å². The molecule has 0 aromatic heterocycles. The molecule has 0 spiro atoms. The van der Waals surface area contributed by atoms with E-state index in [0.717, 1.165) is 36.8 Å². The zero-order valence-corrected chi connectivity index (χ0v) is 16.3. The maximum atomic E-state index is 13.0. The summed E-state index contributed by atoms with van der Waals surface area (Å²) in [6.07, 6.45) is 8.02. The number of carbonyl (C=O) groups excluding carboxylic acids is 1. The van der Waals surface area contributed by atoms with E-state index >= 15 is 0 Å². The smallest absolute Gasteiger partial charge is 0.137 e. The van der Waals surface area contributed by atoms with Crippen molar-refractivity contribution in [2.24, 2.45) is 11.8 Å². The third-order valence-corrected chi connectivity index (χ3v) is 6.93. The van der Waals surface area contributed by atoms with Gasteiger partial charge in [-0.15, -0.1) is 0 Å². The van der Waals surface area contributed by atoms with Crippen LogP contribution >= 0.6 is 0 Å². The van der Waals surface area contributed by atoms with E-state index in [1.165, 1.54) is 0 Å². The number of carbonyl (C=O) groups is 1. The Morgan fingerprint density at radius 1 is 1.20 bits per heavy atom. The van der Waals surface area contributed by atoms with Crippen LogP contribution in [0.25, 0.3) is 0 Å². The molecule has 0 aliphatic carbocycles. The Balaban J connectivity index is 2.38. The summed E-state index contributed by atoms with van der Waals surface area (Å²) >= 11 is 0. The molecule has 1 aliphatic rings. The van der Waals surface area contributed by atoms with Crippen molar-refractivity contribution in [2.45, 2.75) is 51.2 Å². The summed E-state index contributed by atoms with van der Waals surface area (Å²) < 4.78 is 13.0. The molecule has 0 saturated carbocycles. The second-order valence-corrected chi connectivity index (χ2v) is 8.60. The van der Waals surface area contributed by atoms with Crippen molar-refractivity contribution < 1.29 is 9.00 Å². The number of allylic oxidation sites excluding steroid dienone is 3. The maximum absolute atomic E-state index is 13.0. The highest BCUT2D eigenvalue weighted by atomic mass is 32.2. The molecule has 25 heavy (non-hydrogen) atoms. The first-order valence-corrected chi connectivity index (χ1v) is 10.7. The lowest BCUT2D eigenvalue weighted by Gasteiger charge is -2.21. The lowest BCUT2D eigenvalue weighted by atomic mass is 9.88. The average molecular weight is 359 g/mol. The molecule has 0 amide bonds. The van der Waals surface area contributed by atoms with Crippen LogP contribution in [0, 0.1) is 11.8 Å². The number of Topliss-reactive ketones (excluding diaryl/α,β-unsaturated/α-hetero) is 1. The van der Waals surface area contributed by atoms with Crippen molar-refractivity contribution in [3.05, 3.63) is 60.2 Å². The Kier molecular flexibility index (Phi) is 7.83. The number of benzene rings is 1. The number of rotatable bonds is 4. The van der Waals surface area contributed by atoms with Crippen molar-refractivity contribution in [1.82, 2.24) is 0 Å². The average Bonchev–Trinajstić information content (AvgIpc) is 2.67. The molecule has 2 rings (SSSR count). The molecule has 4 atom stereocenters. The fourth-order valence-electron chi connectivity index (χ4n) is 3.53. The highest BCUT2D eigenvalue weighted by Crippen LogP contribution is 2.32. The highest BCUT2D eigenvalue weighted by molar-refractivity contribution is 7.85. The molecule has 0 radical (unpaired) electrons. The number of ketones is 1. The van der Waals surface area contributed by atoms with Gasteiger partial charge in [0.15, 0.2) is 0 Å². The van der Waals surface area contributed by atoms with Gasteiger partial charge in [-0.25, -0.2) is 0 Å². The van der Waals surface area contributed by atoms with Crippen molar-refractivity contribution in [1.29, 1.82) is 0 Å². The second kappa shape index (κ2) is 9.86. The highest BCUT2D eigenvalue weighted by Gasteiger charge is 2.26. The summed E-state index contributed by atoms with van der Waals surface area (Å²) in [5.74, 6) is 1.08. The van der Waals surface area contributed by atoms with Gasteiger partial charge in [-0.2, -0.15) is 0 Å². The standard InChI is InChI=1S/C22H30O2S/c1-4-17-14-18(5-2)16-22(20-10-8-7-9-11-20)25(24)13-12-21(23)19(6-3)15-17/h4,7-11,14,18-19,22H,1,5-6,12-13,15-16H2,2-3H3. The topological polar surface area (TPSA) is 34.1 Å².